The summed E-state index contributed by atoms with van der Waals surface area (Å²) in [6.45, 7) is 5.04. The van der Waals surface area contributed by atoms with Gasteiger partial charge in [-0.15, -0.1) is 0 Å². The van der Waals surface area contributed by atoms with Crippen LogP contribution in [-0.4, -0.2) is 304 Å². The molecule has 0 aliphatic carbocycles. The SMILES string of the molecule is CSCC[C@H](NC(=O)[C@H](CCC(=O)O)NC(=O)CNC(=O)[C@H](CC(=O)O)NC(=O)[C@H](CCSC)NC(=O)[C@H](CS)NC(=O)[C@H](Cc1ccc(O)cc1)NC(=O)[C@H](Cc1c[nH]c2ccccc12)NC(=O)[C@@H](N)CC(N)=O)C(=O)N[C@@H](C)C(=O)N[C@H](C(=O)N[C@@H](CC(=O)O)C(=O)N[C@@H](CS)C(=O)N[C@@H](CCC(=O)O)C(=O)N[C@@H](C)C(=O)N[C@H](C(=O)O)[C@@H](C)O)C(C)C. The lowest BCUT2D eigenvalue weighted by molar-refractivity contribution is -0.145. The highest BCUT2D eigenvalue weighted by molar-refractivity contribution is 7.98. The molecule has 690 valence electrons. The summed E-state index contributed by atoms with van der Waals surface area (Å²) in [5.74, 6) is -27.6. The molecule has 27 N–H and O–H groups in total. The number of thioether (sulfide) groups is 2. The van der Waals surface area contributed by atoms with Gasteiger partial charge in [0.15, 0.2) is 6.04 Å². The zero-order chi connectivity index (χ0) is 94.2. The summed E-state index contributed by atoms with van der Waals surface area (Å²) in [5, 5.41) is 103. The smallest absolute Gasteiger partial charge is 0.328 e. The zero-order valence-electron chi connectivity index (χ0n) is 68.9. The van der Waals surface area contributed by atoms with Crippen LogP contribution in [0.5, 0.6) is 5.75 Å². The second kappa shape index (κ2) is 53.9. The molecule has 1 heterocycles. The summed E-state index contributed by atoms with van der Waals surface area (Å²) in [5.41, 5.74) is 12.8. The van der Waals surface area contributed by atoms with Crippen molar-refractivity contribution in [1.29, 1.82) is 0 Å². The van der Waals surface area contributed by atoms with Crippen molar-refractivity contribution in [2.75, 3.05) is 42.1 Å². The van der Waals surface area contributed by atoms with E-state index in [9.17, 15) is 136 Å². The van der Waals surface area contributed by atoms with Crippen LogP contribution in [0.1, 0.15) is 104 Å². The predicted molar refractivity (Wildman–Crippen MR) is 453 cm³/mol. The molecule has 46 nitrogen and oxygen atoms in total. The maximum atomic E-state index is 14.4. The van der Waals surface area contributed by atoms with Gasteiger partial charge in [0.2, 0.25) is 94.5 Å². The van der Waals surface area contributed by atoms with E-state index in [2.05, 4.69) is 105 Å². The number of aromatic nitrogens is 1. The Morgan fingerprint density at radius 1 is 0.416 bits per heavy atom. The van der Waals surface area contributed by atoms with Gasteiger partial charge in [0.1, 0.15) is 84.3 Å². The number of rotatable bonds is 57. The van der Waals surface area contributed by atoms with Crippen molar-refractivity contribution in [3.63, 3.8) is 0 Å². The van der Waals surface area contributed by atoms with E-state index in [4.69, 9.17) is 11.5 Å². The van der Waals surface area contributed by atoms with Crippen LogP contribution < -0.4 is 91.2 Å². The van der Waals surface area contributed by atoms with Crippen LogP contribution >= 0.6 is 48.8 Å². The van der Waals surface area contributed by atoms with Gasteiger partial charge in [0.05, 0.1) is 38.0 Å². The Bertz CT molecular complexity index is 4350. The fourth-order valence-electron chi connectivity index (χ4n) is 11.6. The summed E-state index contributed by atoms with van der Waals surface area (Å²) < 4.78 is 0. The molecule has 50 heteroatoms. The van der Waals surface area contributed by atoms with E-state index in [1.807, 2.05) is 5.32 Å². The number of aromatic hydroxyl groups is 1. The van der Waals surface area contributed by atoms with Crippen LogP contribution in [0.4, 0.5) is 0 Å². The molecule has 16 amide bonds. The number of aliphatic hydroxyl groups excluding tert-OH is 1. The third-order valence-corrected chi connectivity index (χ3v) is 20.5. The first-order chi connectivity index (χ1) is 58.7. The number of H-pyrrole nitrogens is 1. The van der Waals surface area contributed by atoms with Gasteiger partial charge in [-0.2, -0.15) is 48.8 Å². The molecule has 0 aliphatic heterocycles. The first kappa shape index (κ1) is 107. The molecule has 1 aromatic heterocycles. The lowest BCUT2D eigenvalue weighted by Gasteiger charge is -2.28. The third kappa shape index (κ3) is 37.9. The topological polar surface area (TPSA) is 748 Å². The van der Waals surface area contributed by atoms with Crippen molar-refractivity contribution < 1.29 is 136 Å². The molecule has 0 fully saturated rings. The minimum absolute atomic E-state index is 0.134. The van der Waals surface area contributed by atoms with Crippen LogP contribution in [0.15, 0.2) is 54.7 Å². The molecule has 0 spiro atoms. The maximum Gasteiger partial charge on any atom is 0.328 e. The molecule has 125 heavy (non-hydrogen) atoms. The first-order valence-electron chi connectivity index (χ1n) is 38.6. The highest BCUT2D eigenvalue weighted by Gasteiger charge is 2.39. The second-order valence-electron chi connectivity index (χ2n) is 28.8. The van der Waals surface area contributed by atoms with E-state index < -0.39 is 290 Å². The average Bonchev–Trinajstić information content (AvgIpc) is 1.68. The Morgan fingerprint density at radius 3 is 1.24 bits per heavy atom. The molecular formula is C75H108N18O28S4. The molecule has 0 bridgehead atoms. The summed E-state index contributed by atoms with van der Waals surface area (Å²) in [6, 6.07) is -12.8. The Balaban J connectivity index is 1.79. The number of carbonyl (C=O) groups is 21. The number of aromatic amines is 1. The van der Waals surface area contributed by atoms with Gasteiger partial charge >= 0.3 is 29.8 Å². The number of phenols is 1. The number of nitrogens with two attached hydrogens (primary N) is 2. The highest BCUT2D eigenvalue weighted by atomic mass is 32.2. The van der Waals surface area contributed by atoms with Crippen LogP contribution in [0.25, 0.3) is 10.9 Å². The van der Waals surface area contributed by atoms with E-state index in [1.54, 1.807) is 43.0 Å². The number of fused-ring (bicyclic) bond motifs is 1. The van der Waals surface area contributed by atoms with Crippen LogP contribution in [0.2, 0.25) is 0 Å². The van der Waals surface area contributed by atoms with Gasteiger partial charge in [-0.25, -0.2) is 4.79 Å². The summed E-state index contributed by atoms with van der Waals surface area (Å²) in [7, 11) is 0. The molecule has 3 rings (SSSR count). The van der Waals surface area contributed by atoms with Gasteiger partial charge in [0, 0.05) is 54.3 Å². The molecule has 0 radical (unpaired) electrons. The van der Waals surface area contributed by atoms with E-state index in [1.165, 1.54) is 61.6 Å². The number of para-hydroxylation sites is 1. The van der Waals surface area contributed by atoms with Crippen LogP contribution in [0.3, 0.4) is 0 Å². The van der Waals surface area contributed by atoms with Crippen molar-refractivity contribution in [3.8, 4) is 5.75 Å². The number of primary amides is 1. The number of amides is 16. The normalized spacial score (nSPS) is 14.9. The standard InChI is InChI=1S/C75H108N18O28S4/c1-33(2)59(74(119)89-50(28-58(104)105)71(116)91-51(31-122)72(117)83-44(17-19-56(100)101)65(110)80-35(4)62(107)93-60(36(5)94)75(120)121)92-61(106)34(3)81-66(111)45(20-22-124-6)84-67(112)43(16-18-55(98)99)82-54(97)30-79-64(109)49(27-57(102)103)88-68(113)46(21-23-125-7)85-73(118)52(32-123)90-69(114)47(24-37-12-14-39(95)15-13-37)87-70(115)48(86-63(108)41(76)26-53(77)96)25-38-29-78-42-11-9-8-10-40(38)42/h8-15,29,33-36,41,43-52,59-60,78,94-95,122-123H,16-28,30-32,76H2,1-7H3,(H2,77,96)(H,79,109)(H,80,110)(H,81,111)(H,82,97)(H,83,117)(H,84,112)(H,85,118)(H,86,108)(H,87,115)(H,88,113)(H,89,119)(H,90,114)(H,91,116)(H,92,106)(H,93,107)(H,98,99)(H,100,101)(H,102,103)(H,104,105)(H,120,121)/t34-,35-,36+,41-,43-,44-,45-,46-,47-,48-,49-,50-,51-,52-,59-,60-/m0/s1. The van der Waals surface area contributed by atoms with Gasteiger partial charge in [-0.3, -0.25) is 95.9 Å². The maximum absolute atomic E-state index is 14.4. The number of carboxylic acids is 5. The average molecular weight is 1840 g/mol. The predicted octanol–water partition coefficient (Wildman–Crippen LogP) is -7.03. The highest BCUT2D eigenvalue weighted by Crippen LogP contribution is 2.21. The number of hydrogen-bond acceptors (Lipinski definition) is 28. The molecule has 0 saturated carbocycles. The molecule has 0 aliphatic rings. The van der Waals surface area contributed by atoms with Gasteiger partial charge in [-0.05, 0) is 106 Å². The fourth-order valence-corrected chi connectivity index (χ4v) is 13.0. The Kier molecular flexibility index (Phi) is 46.2. The Morgan fingerprint density at radius 2 is 0.800 bits per heavy atom. The van der Waals surface area contributed by atoms with Crippen molar-refractivity contribution >= 4 is 184 Å². The first-order valence-corrected chi connectivity index (χ1v) is 42.7. The fraction of sp³-hybridized carbons (Fsp3) is 0.533. The monoisotopic (exact) mass is 1840 g/mol. The van der Waals surface area contributed by atoms with Crippen LogP contribution in [-0.2, 0) is 114 Å². The molecule has 16 atom stereocenters. The summed E-state index contributed by atoms with van der Waals surface area (Å²) in [4.78, 5) is 281. The van der Waals surface area contributed by atoms with Crippen LogP contribution in [0, 0.1) is 5.92 Å². The van der Waals surface area contributed by atoms with E-state index in [-0.39, 0.29) is 42.9 Å². The number of aliphatic carboxylic acids is 5. The Hall–Kier alpha value is -12.0. The lowest BCUT2D eigenvalue weighted by Crippen LogP contribution is -2.61. The molecule has 0 unspecified atom stereocenters. The number of carbonyl (C=O) groups excluding carboxylic acids is 16. The quantitative estimate of drug-likeness (QED) is 0.0234. The number of phenolic OH excluding ortho intramolecular Hbond substituents is 1. The van der Waals surface area contributed by atoms with E-state index >= 15 is 0 Å². The Labute approximate surface area is 734 Å². The molecular weight excluding hydrogens is 1730 g/mol. The second-order valence-corrected chi connectivity index (χ2v) is 31.5. The number of carboxylic acid groups (broad SMARTS) is 5. The zero-order valence-corrected chi connectivity index (χ0v) is 72.3. The van der Waals surface area contributed by atoms with Gasteiger partial charge in [-0.1, -0.05) is 44.2 Å². The largest absolute Gasteiger partial charge is 0.508 e. The van der Waals surface area contributed by atoms with Crippen molar-refractivity contribution in [2.24, 2.45) is 17.4 Å². The lowest BCUT2D eigenvalue weighted by atomic mass is 10.0. The molecule has 3 aromatic rings. The van der Waals surface area contributed by atoms with Gasteiger partial charge < -0.3 is 132 Å². The minimum atomic E-state index is -2.03. The number of nitrogens with one attached hydrogen (secondary N) is 16. The van der Waals surface area contributed by atoms with Crippen molar-refractivity contribution in [3.05, 3.63) is 65.9 Å². The summed E-state index contributed by atoms with van der Waals surface area (Å²) in [6.07, 6.45) is -3.36. The van der Waals surface area contributed by atoms with Crippen molar-refractivity contribution in [1.82, 2.24) is 84.7 Å². The van der Waals surface area contributed by atoms with Crippen molar-refractivity contribution in [2.45, 2.75) is 202 Å². The molecule has 2 aromatic carbocycles. The van der Waals surface area contributed by atoms with E-state index in [0.29, 0.717) is 22.0 Å². The minimum Gasteiger partial charge on any atom is -0.508 e. The third-order valence-electron chi connectivity index (χ3n) is 18.4. The number of benzene rings is 2. The number of thiol groups is 2. The summed E-state index contributed by atoms with van der Waals surface area (Å²) >= 11 is 10.7. The molecule has 0 saturated heterocycles. The number of hydrogen-bond donors (Lipinski definition) is 27. The van der Waals surface area contributed by atoms with Gasteiger partial charge in [0.25, 0.3) is 0 Å². The number of aliphatic hydroxyl groups is 1. The van der Waals surface area contributed by atoms with E-state index in [0.717, 1.165) is 20.8 Å².